The lowest BCUT2D eigenvalue weighted by atomic mass is 9.96. The first-order valence-corrected chi connectivity index (χ1v) is 3.81. The number of hydrogen-bond donors (Lipinski definition) is 0. The summed E-state index contributed by atoms with van der Waals surface area (Å²) in [7, 11) is 0. The van der Waals surface area contributed by atoms with Crippen LogP contribution in [0.2, 0.25) is 0 Å². The summed E-state index contributed by atoms with van der Waals surface area (Å²) in [5, 5.41) is 8.37. The Kier molecular flexibility index (Phi) is 2.70. The predicted octanol–water partition coefficient (Wildman–Crippen LogP) is 1.72. The van der Waals surface area contributed by atoms with Crippen LogP contribution in [0, 0.1) is 17.2 Å². The molecule has 10 heavy (non-hydrogen) atoms. The van der Waals surface area contributed by atoms with Gasteiger partial charge in [0.05, 0.1) is 18.6 Å². The van der Waals surface area contributed by atoms with Crippen molar-refractivity contribution in [1.82, 2.24) is 0 Å². The maximum atomic E-state index is 8.37. The first-order valence-electron chi connectivity index (χ1n) is 3.81. The second-order valence-corrected chi connectivity index (χ2v) is 2.98. The van der Waals surface area contributed by atoms with Gasteiger partial charge >= 0.3 is 0 Å². The Morgan fingerprint density at radius 3 is 3.10 bits per heavy atom. The van der Waals surface area contributed by atoms with E-state index in [9.17, 15) is 0 Å². The van der Waals surface area contributed by atoms with Crippen molar-refractivity contribution >= 4 is 0 Å². The van der Waals surface area contributed by atoms with Crippen LogP contribution in [0.15, 0.2) is 0 Å². The summed E-state index contributed by atoms with van der Waals surface area (Å²) in [6.45, 7) is 3.06. The Balaban J connectivity index is 2.27. The standard InChI is InChI=1S/C8H13NO/c1-7-3-5-10-8(6-7)2-4-9/h7-8H,2-3,5-6H2,1H3/t7?,8-/m0/s1. The smallest absolute Gasteiger partial charge is 0.0707 e. The lowest BCUT2D eigenvalue weighted by Crippen LogP contribution is -2.23. The van der Waals surface area contributed by atoms with Gasteiger partial charge in [0.25, 0.3) is 0 Å². The molecule has 0 aromatic rings. The summed E-state index contributed by atoms with van der Waals surface area (Å²) < 4.78 is 5.37. The third kappa shape index (κ3) is 2.00. The van der Waals surface area contributed by atoms with E-state index in [0.717, 1.165) is 25.4 Å². The second-order valence-electron chi connectivity index (χ2n) is 2.98. The Bertz CT molecular complexity index is 139. The molecule has 2 nitrogen and oxygen atoms in total. The topological polar surface area (TPSA) is 33.0 Å². The monoisotopic (exact) mass is 139 g/mol. The minimum Gasteiger partial charge on any atom is -0.377 e. The molecule has 1 fully saturated rings. The number of ether oxygens (including phenoxy) is 1. The van der Waals surface area contributed by atoms with Gasteiger partial charge in [-0.15, -0.1) is 0 Å². The van der Waals surface area contributed by atoms with Crippen LogP contribution in [-0.4, -0.2) is 12.7 Å². The molecule has 56 valence electrons. The van der Waals surface area contributed by atoms with Crippen molar-refractivity contribution in [3.05, 3.63) is 0 Å². The van der Waals surface area contributed by atoms with E-state index in [1.54, 1.807) is 0 Å². The lowest BCUT2D eigenvalue weighted by Gasteiger charge is -2.25. The van der Waals surface area contributed by atoms with Gasteiger partial charge in [-0.1, -0.05) is 6.92 Å². The summed E-state index contributed by atoms with van der Waals surface area (Å²) in [5.41, 5.74) is 0. The highest BCUT2D eigenvalue weighted by Crippen LogP contribution is 2.20. The fourth-order valence-corrected chi connectivity index (χ4v) is 1.31. The lowest BCUT2D eigenvalue weighted by molar-refractivity contribution is -0.00161. The first-order chi connectivity index (χ1) is 4.83. The van der Waals surface area contributed by atoms with Crippen LogP contribution in [0.5, 0.6) is 0 Å². The maximum absolute atomic E-state index is 8.37. The molecular weight excluding hydrogens is 126 g/mol. The average Bonchev–Trinajstić information content (AvgIpc) is 1.88. The second kappa shape index (κ2) is 3.58. The van der Waals surface area contributed by atoms with Crippen LogP contribution < -0.4 is 0 Å². The van der Waals surface area contributed by atoms with Gasteiger partial charge in [-0.05, 0) is 18.8 Å². The van der Waals surface area contributed by atoms with Gasteiger partial charge in [0.15, 0.2) is 0 Å². The van der Waals surface area contributed by atoms with Gasteiger partial charge in [0.1, 0.15) is 0 Å². The fourth-order valence-electron chi connectivity index (χ4n) is 1.31. The highest BCUT2D eigenvalue weighted by atomic mass is 16.5. The van der Waals surface area contributed by atoms with E-state index < -0.39 is 0 Å². The minimum absolute atomic E-state index is 0.216. The van der Waals surface area contributed by atoms with E-state index >= 15 is 0 Å². The molecule has 1 saturated heterocycles. The van der Waals surface area contributed by atoms with E-state index in [0.29, 0.717) is 6.42 Å². The highest BCUT2D eigenvalue weighted by Gasteiger charge is 2.18. The van der Waals surface area contributed by atoms with Crippen LogP contribution in [-0.2, 0) is 4.74 Å². The number of nitriles is 1. The van der Waals surface area contributed by atoms with E-state index in [-0.39, 0.29) is 6.10 Å². The molecule has 1 unspecified atom stereocenters. The first kappa shape index (κ1) is 7.56. The molecule has 0 N–H and O–H groups in total. The predicted molar refractivity (Wildman–Crippen MR) is 38.4 cm³/mol. The average molecular weight is 139 g/mol. The van der Waals surface area contributed by atoms with Crippen LogP contribution in [0.25, 0.3) is 0 Å². The summed E-state index contributed by atoms with van der Waals surface area (Å²) in [4.78, 5) is 0. The van der Waals surface area contributed by atoms with Gasteiger partial charge in [-0.25, -0.2) is 0 Å². The Labute approximate surface area is 61.8 Å². The van der Waals surface area contributed by atoms with Crippen molar-refractivity contribution in [2.75, 3.05) is 6.61 Å². The SMILES string of the molecule is CC1CCO[C@@H](CC#N)C1. The van der Waals surface area contributed by atoms with E-state index in [2.05, 4.69) is 13.0 Å². The summed E-state index contributed by atoms with van der Waals surface area (Å²) in [6, 6.07) is 2.13. The molecule has 0 radical (unpaired) electrons. The van der Waals surface area contributed by atoms with E-state index in [4.69, 9.17) is 10.00 Å². The van der Waals surface area contributed by atoms with Gasteiger partial charge < -0.3 is 4.74 Å². The molecular formula is C8H13NO. The van der Waals surface area contributed by atoms with Crippen molar-refractivity contribution in [1.29, 1.82) is 5.26 Å². The van der Waals surface area contributed by atoms with Crippen molar-refractivity contribution < 1.29 is 4.74 Å². The Morgan fingerprint density at radius 1 is 1.70 bits per heavy atom. The van der Waals surface area contributed by atoms with Crippen LogP contribution in [0.3, 0.4) is 0 Å². The molecule has 0 spiro atoms. The number of hydrogen-bond acceptors (Lipinski definition) is 2. The molecule has 2 atom stereocenters. The van der Waals surface area contributed by atoms with Crippen molar-refractivity contribution in [2.45, 2.75) is 32.3 Å². The zero-order valence-corrected chi connectivity index (χ0v) is 6.34. The number of rotatable bonds is 1. The van der Waals surface area contributed by atoms with E-state index in [1.807, 2.05) is 0 Å². The summed E-state index contributed by atoms with van der Waals surface area (Å²) >= 11 is 0. The largest absolute Gasteiger partial charge is 0.377 e. The summed E-state index contributed by atoms with van der Waals surface area (Å²) in [5.74, 6) is 0.743. The Hall–Kier alpha value is -0.550. The zero-order chi connectivity index (χ0) is 7.40. The normalized spacial score (nSPS) is 33.2. The van der Waals surface area contributed by atoms with Gasteiger partial charge in [0.2, 0.25) is 0 Å². The summed E-state index contributed by atoms with van der Waals surface area (Å²) in [6.07, 6.45) is 2.99. The van der Waals surface area contributed by atoms with Gasteiger partial charge in [0, 0.05) is 6.61 Å². The van der Waals surface area contributed by atoms with Crippen LogP contribution in [0.1, 0.15) is 26.2 Å². The van der Waals surface area contributed by atoms with E-state index in [1.165, 1.54) is 0 Å². The molecule has 0 aromatic carbocycles. The molecule has 1 aliphatic heterocycles. The van der Waals surface area contributed by atoms with Gasteiger partial charge in [-0.3, -0.25) is 0 Å². The Morgan fingerprint density at radius 2 is 2.50 bits per heavy atom. The molecule has 1 aliphatic rings. The quantitative estimate of drug-likeness (QED) is 0.554. The molecule has 0 aliphatic carbocycles. The fraction of sp³-hybridized carbons (Fsp3) is 0.875. The molecule has 0 saturated carbocycles. The minimum atomic E-state index is 0.216. The zero-order valence-electron chi connectivity index (χ0n) is 6.34. The molecule has 0 bridgehead atoms. The maximum Gasteiger partial charge on any atom is 0.0707 e. The third-order valence-corrected chi connectivity index (χ3v) is 1.95. The molecule has 0 aromatic heterocycles. The molecule has 1 heterocycles. The highest BCUT2D eigenvalue weighted by molar-refractivity contribution is 4.79. The van der Waals surface area contributed by atoms with Crippen molar-refractivity contribution in [3.63, 3.8) is 0 Å². The van der Waals surface area contributed by atoms with Crippen molar-refractivity contribution in [3.8, 4) is 6.07 Å². The van der Waals surface area contributed by atoms with Crippen LogP contribution in [0.4, 0.5) is 0 Å². The molecule has 2 heteroatoms. The molecule has 1 rings (SSSR count). The van der Waals surface area contributed by atoms with Crippen LogP contribution >= 0.6 is 0 Å². The third-order valence-electron chi connectivity index (χ3n) is 1.95. The van der Waals surface area contributed by atoms with Gasteiger partial charge in [-0.2, -0.15) is 5.26 Å². The van der Waals surface area contributed by atoms with Crippen molar-refractivity contribution in [2.24, 2.45) is 5.92 Å². The number of nitrogens with zero attached hydrogens (tertiary/aromatic N) is 1. The molecule has 0 amide bonds.